The first-order valence-corrected chi connectivity index (χ1v) is 8.86. The minimum Gasteiger partial charge on any atom is -0.374 e. The van der Waals surface area contributed by atoms with E-state index in [1.54, 1.807) is 18.2 Å². The van der Waals surface area contributed by atoms with Crippen molar-refractivity contribution in [3.05, 3.63) is 59.4 Å². The van der Waals surface area contributed by atoms with Gasteiger partial charge in [-0.25, -0.2) is 4.39 Å². The molecule has 4 rings (SSSR count). The summed E-state index contributed by atoms with van der Waals surface area (Å²) in [7, 11) is 0. The van der Waals surface area contributed by atoms with Crippen LogP contribution in [0.4, 0.5) is 15.8 Å². The highest BCUT2D eigenvalue weighted by Gasteiger charge is 2.29. The molecule has 0 radical (unpaired) electrons. The lowest BCUT2D eigenvalue weighted by Gasteiger charge is -2.36. The van der Waals surface area contributed by atoms with E-state index >= 15 is 0 Å². The molecule has 2 N–H and O–H groups in total. The van der Waals surface area contributed by atoms with Crippen LogP contribution in [0.15, 0.2) is 42.5 Å². The molecule has 2 aliphatic heterocycles. The molecule has 0 saturated carbocycles. The van der Waals surface area contributed by atoms with Crippen LogP contribution in [0.2, 0.25) is 0 Å². The maximum Gasteiger partial charge on any atom is 0.254 e. The number of halogens is 1. The van der Waals surface area contributed by atoms with Crippen LogP contribution in [-0.2, 0) is 4.79 Å². The third kappa shape index (κ3) is 3.14. The molecule has 1 saturated heterocycles. The van der Waals surface area contributed by atoms with E-state index in [9.17, 15) is 14.0 Å². The molecule has 0 bridgehead atoms. The van der Waals surface area contributed by atoms with Gasteiger partial charge in [-0.3, -0.25) is 9.59 Å². The van der Waals surface area contributed by atoms with Crippen LogP contribution in [0, 0.1) is 5.82 Å². The number of rotatable bonds is 2. The maximum absolute atomic E-state index is 13.6. The number of carbonyl (C=O) groups is 2. The van der Waals surface area contributed by atoms with Gasteiger partial charge in [0.2, 0.25) is 5.91 Å². The predicted molar refractivity (Wildman–Crippen MR) is 97.6 cm³/mol. The highest BCUT2D eigenvalue weighted by Crippen LogP contribution is 2.33. The molecule has 1 fully saturated rings. The molecular weight excluding hydrogens is 333 g/mol. The normalized spacial score (nSPS) is 19.3. The first-order chi connectivity index (χ1) is 12.6. The standard InChI is InChI=1S/C20H20FN3O2/c21-15-5-3-4-13(10-15)18-6-1-2-9-24(18)20(26)14-7-8-16-17(11-14)23-19(25)12-22-16/h3-5,7-8,10-11,18,22H,1-2,6,9,12H2,(H,23,25)/t18-/m0/s1. The molecule has 5 nitrogen and oxygen atoms in total. The zero-order chi connectivity index (χ0) is 18.1. The lowest BCUT2D eigenvalue weighted by atomic mass is 9.94. The number of benzene rings is 2. The Labute approximate surface area is 151 Å². The lowest BCUT2D eigenvalue weighted by Crippen LogP contribution is -2.38. The van der Waals surface area contributed by atoms with Gasteiger partial charge in [0.15, 0.2) is 0 Å². The molecule has 0 unspecified atom stereocenters. The van der Waals surface area contributed by atoms with E-state index in [0.717, 1.165) is 30.5 Å². The molecule has 6 heteroatoms. The Kier molecular flexibility index (Phi) is 4.32. The highest BCUT2D eigenvalue weighted by atomic mass is 19.1. The van der Waals surface area contributed by atoms with Crippen molar-refractivity contribution >= 4 is 23.2 Å². The molecular formula is C20H20FN3O2. The fourth-order valence-electron chi connectivity index (χ4n) is 3.71. The van der Waals surface area contributed by atoms with Crippen molar-refractivity contribution in [1.29, 1.82) is 0 Å². The lowest BCUT2D eigenvalue weighted by molar-refractivity contribution is -0.114. The second kappa shape index (κ2) is 6.78. The second-order valence-corrected chi connectivity index (χ2v) is 6.73. The highest BCUT2D eigenvalue weighted by molar-refractivity contribution is 6.03. The van der Waals surface area contributed by atoms with E-state index < -0.39 is 0 Å². The van der Waals surface area contributed by atoms with Crippen LogP contribution in [0.3, 0.4) is 0 Å². The predicted octanol–water partition coefficient (Wildman–Crippen LogP) is 3.56. The summed E-state index contributed by atoms with van der Waals surface area (Å²) in [6.45, 7) is 0.871. The number of nitrogens with zero attached hydrogens (tertiary/aromatic N) is 1. The molecule has 2 aromatic rings. The Morgan fingerprint density at radius 2 is 2.00 bits per heavy atom. The summed E-state index contributed by atoms with van der Waals surface area (Å²) in [5.74, 6) is -0.512. The Morgan fingerprint density at radius 1 is 1.12 bits per heavy atom. The Bertz CT molecular complexity index is 868. The zero-order valence-corrected chi connectivity index (χ0v) is 14.3. The molecule has 2 aromatic carbocycles. The third-order valence-electron chi connectivity index (χ3n) is 4.98. The van der Waals surface area contributed by atoms with Crippen LogP contribution in [0.25, 0.3) is 0 Å². The molecule has 26 heavy (non-hydrogen) atoms. The summed E-state index contributed by atoms with van der Waals surface area (Å²) in [5.41, 5.74) is 2.77. The summed E-state index contributed by atoms with van der Waals surface area (Å²) in [6, 6.07) is 11.6. The van der Waals surface area contributed by atoms with Gasteiger partial charge >= 0.3 is 0 Å². The van der Waals surface area contributed by atoms with Gasteiger partial charge in [-0.15, -0.1) is 0 Å². The summed E-state index contributed by atoms with van der Waals surface area (Å²) in [6.07, 6.45) is 2.76. The van der Waals surface area contributed by atoms with E-state index in [0.29, 0.717) is 17.8 Å². The van der Waals surface area contributed by atoms with Gasteiger partial charge in [0.25, 0.3) is 5.91 Å². The molecule has 0 spiro atoms. The van der Waals surface area contributed by atoms with Gasteiger partial charge in [0, 0.05) is 12.1 Å². The van der Waals surface area contributed by atoms with Crippen LogP contribution >= 0.6 is 0 Å². The average Bonchev–Trinajstić information content (AvgIpc) is 2.67. The SMILES string of the molecule is O=C1CNc2ccc(C(=O)N3CCCC[C@H]3c3cccc(F)c3)cc2N1. The summed E-state index contributed by atoms with van der Waals surface area (Å²) in [4.78, 5) is 26.5. The first-order valence-electron chi connectivity index (χ1n) is 8.86. The number of amides is 2. The Morgan fingerprint density at radius 3 is 2.85 bits per heavy atom. The topological polar surface area (TPSA) is 61.4 Å². The van der Waals surface area contributed by atoms with Gasteiger partial charge in [0.1, 0.15) is 5.82 Å². The number of fused-ring (bicyclic) bond motifs is 1. The van der Waals surface area contributed by atoms with Crippen molar-refractivity contribution in [2.45, 2.75) is 25.3 Å². The van der Waals surface area contributed by atoms with Crippen LogP contribution < -0.4 is 10.6 Å². The quantitative estimate of drug-likeness (QED) is 0.868. The molecule has 2 heterocycles. The van der Waals surface area contributed by atoms with E-state index in [1.165, 1.54) is 12.1 Å². The van der Waals surface area contributed by atoms with Crippen molar-refractivity contribution in [2.75, 3.05) is 23.7 Å². The Balaban J connectivity index is 1.63. The van der Waals surface area contributed by atoms with E-state index in [2.05, 4.69) is 10.6 Å². The largest absolute Gasteiger partial charge is 0.374 e. The molecule has 134 valence electrons. The number of likely N-dealkylation sites (tertiary alicyclic amines) is 1. The van der Waals surface area contributed by atoms with Gasteiger partial charge in [-0.1, -0.05) is 12.1 Å². The zero-order valence-electron chi connectivity index (χ0n) is 14.3. The number of anilines is 2. The van der Waals surface area contributed by atoms with Crippen LogP contribution in [0.5, 0.6) is 0 Å². The fraction of sp³-hybridized carbons (Fsp3) is 0.300. The molecule has 0 aromatic heterocycles. The van der Waals surface area contributed by atoms with E-state index in [4.69, 9.17) is 0 Å². The number of carbonyl (C=O) groups excluding carboxylic acids is 2. The number of nitrogens with one attached hydrogen (secondary N) is 2. The molecule has 2 aliphatic rings. The smallest absolute Gasteiger partial charge is 0.254 e. The van der Waals surface area contributed by atoms with E-state index in [1.807, 2.05) is 17.0 Å². The van der Waals surface area contributed by atoms with Gasteiger partial charge in [-0.05, 0) is 55.2 Å². The minimum atomic E-state index is -0.289. The van der Waals surface area contributed by atoms with Crippen molar-refractivity contribution in [2.24, 2.45) is 0 Å². The van der Waals surface area contributed by atoms with Crippen LogP contribution in [-0.4, -0.2) is 29.8 Å². The molecule has 0 aliphatic carbocycles. The number of hydrogen-bond acceptors (Lipinski definition) is 3. The second-order valence-electron chi connectivity index (χ2n) is 6.73. The fourth-order valence-corrected chi connectivity index (χ4v) is 3.71. The summed E-state index contributed by atoms with van der Waals surface area (Å²) >= 11 is 0. The minimum absolute atomic E-state index is 0.0958. The summed E-state index contributed by atoms with van der Waals surface area (Å²) in [5, 5.41) is 5.81. The maximum atomic E-state index is 13.6. The molecule has 1 atom stereocenters. The van der Waals surface area contributed by atoms with E-state index in [-0.39, 0.29) is 30.2 Å². The van der Waals surface area contributed by atoms with Gasteiger partial charge < -0.3 is 15.5 Å². The number of piperidine rings is 1. The number of hydrogen-bond donors (Lipinski definition) is 2. The Hall–Kier alpha value is -2.89. The summed E-state index contributed by atoms with van der Waals surface area (Å²) < 4.78 is 13.6. The van der Waals surface area contributed by atoms with Crippen molar-refractivity contribution in [3.63, 3.8) is 0 Å². The third-order valence-corrected chi connectivity index (χ3v) is 4.98. The van der Waals surface area contributed by atoms with Gasteiger partial charge in [-0.2, -0.15) is 0 Å². The monoisotopic (exact) mass is 353 g/mol. The van der Waals surface area contributed by atoms with Crippen LogP contribution in [0.1, 0.15) is 41.2 Å². The van der Waals surface area contributed by atoms with Crippen molar-refractivity contribution in [1.82, 2.24) is 4.90 Å². The molecule has 2 amide bonds. The van der Waals surface area contributed by atoms with Crippen molar-refractivity contribution < 1.29 is 14.0 Å². The van der Waals surface area contributed by atoms with Crippen molar-refractivity contribution in [3.8, 4) is 0 Å². The first kappa shape index (κ1) is 16.6. The average molecular weight is 353 g/mol. The van der Waals surface area contributed by atoms with Gasteiger partial charge in [0.05, 0.1) is 24.0 Å².